The van der Waals surface area contributed by atoms with E-state index in [2.05, 4.69) is 20.5 Å². The number of carbonyl (C=O) groups is 3. The van der Waals surface area contributed by atoms with Crippen LogP contribution in [0.25, 0.3) is 0 Å². The Labute approximate surface area is 203 Å². The van der Waals surface area contributed by atoms with Gasteiger partial charge in [-0.1, -0.05) is 30.0 Å². The number of hydrogen-bond donors (Lipinski definition) is 2. The number of ether oxygens (including phenoxy) is 1. The van der Waals surface area contributed by atoms with Gasteiger partial charge in [0.25, 0.3) is 11.8 Å². The Morgan fingerprint density at radius 1 is 1.12 bits per heavy atom. The van der Waals surface area contributed by atoms with Crippen molar-refractivity contribution < 1.29 is 19.1 Å². The Hall–Kier alpha value is -3.33. The number of benzene rings is 2. The van der Waals surface area contributed by atoms with Gasteiger partial charge in [0.05, 0.1) is 7.11 Å². The van der Waals surface area contributed by atoms with Gasteiger partial charge in [0.15, 0.2) is 5.17 Å². The highest BCUT2D eigenvalue weighted by molar-refractivity contribution is 8.15. The van der Waals surface area contributed by atoms with Gasteiger partial charge in [-0.2, -0.15) is 4.99 Å². The van der Waals surface area contributed by atoms with Gasteiger partial charge in [-0.3, -0.25) is 14.4 Å². The standard InChI is InChI=1S/C25H28N4O4S/c1-33-20-10-5-7-17(13-20)16-26-23(31)18-8-6-9-19(14-18)27-22(30)15-21-24(32)28-25(34-21)29-11-3-2-4-12-29/h5-10,13-14,21H,2-4,11-12,15-16H2,1H3,(H,26,31)(H,27,30)/t21-/m1/s1. The molecule has 2 aliphatic heterocycles. The molecule has 2 N–H and O–H groups in total. The summed E-state index contributed by atoms with van der Waals surface area (Å²) in [6, 6.07) is 14.2. The minimum absolute atomic E-state index is 0.0383. The molecule has 0 saturated carbocycles. The third kappa shape index (κ3) is 6.17. The lowest BCUT2D eigenvalue weighted by atomic mass is 10.1. The smallest absolute Gasteiger partial charge is 0.262 e. The minimum atomic E-state index is -0.508. The second-order valence-corrected chi connectivity index (χ2v) is 9.42. The quantitative estimate of drug-likeness (QED) is 0.630. The van der Waals surface area contributed by atoms with E-state index in [4.69, 9.17) is 4.74 Å². The molecule has 178 valence electrons. The fraction of sp³-hybridized carbons (Fsp3) is 0.360. The summed E-state index contributed by atoms with van der Waals surface area (Å²) in [6.45, 7) is 2.17. The SMILES string of the molecule is COc1cccc(CNC(=O)c2cccc(NC(=O)C[C@H]3SC(N4CCCCC4)=NC3=O)c2)c1. The zero-order valence-corrected chi connectivity index (χ0v) is 19.9. The molecule has 1 atom stereocenters. The number of hydrogen-bond acceptors (Lipinski definition) is 6. The van der Waals surface area contributed by atoms with Crippen LogP contribution >= 0.6 is 11.8 Å². The van der Waals surface area contributed by atoms with Crippen molar-refractivity contribution in [2.24, 2.45) is 4.99 Å². The average Bonchev–Trinajstić information content (AvgIpc) is 3.23. The first-order valence-corrected chi connectivity index (χ1v) is 12.2. The number of anilines is 1. The van der Waals surface area contributed by atoms with Crippen molar-refractivity contribution in [3.63, 3.8) is 0 Å². The van der Waals surface area contributed by atoms with E-state index in [1.54, 1.807) is 31.4 Å². The van der Waals surface area contributed by atoms with E-state index in [9.17, 15) is 14.4 Å². The molecule has 0 aliphatic carbocycles. The fourth-order valence-corrected chi connectivity index (χ4v) is 5.03. The van der Waals surface area contributed by atoms with E-state index >= 15 is 0 Å². The lowest BCUT2D eigenvalue weighted by Gasteiger charge is -2.27. The molecule has 2 aromatic rings. The highest BCUT2D eigenvalue weighted by Crippen LogP contribution is 2.29. The molecule has 8 nitrogen and oxygen atoms in total. The van der Waals surface area contributed by atoms with Gasteiger partial charge in [-0.05, 0) is 55.2 Å². The fourth-order valence-electron chi connectivity index (χ4n) is 3.92. The van der Waals surface area contributed by atoms with E-state index in [0.717, 1.165) is 42.4 Å². The summed E-state index contributed by atoms with van der Waals surface area (Å²) in [5, 5.41) is 5.90. The summed E-state index contributed by atoms with van der Waals surface area (Å²) in [6.07, 6.45) is 3.44. The number of nitrogens with zero attached hydrogens (tertiary/aromatic N) is 2. The molecule has 0 aromatic heterocycles. The highest BCUT2D eigenvalue weighted by atomic mass is 32.2. The van der Waals surface area contributed by atoms with Crippen LogP contribution < -0.4 is 15.4 Å². The molecule has 0 unspecified atom stereocenters. The van der Waals surface area contributed by atoms with Crippen LogP contribution in [-0.4, -0.2) is 53.2 Å². The maximum Gasteiger partial charge on any atom is 0.262 e. The molecule has 1 fully saturated rings. The second-order valence-electron chi connectivity index (χ2n) is 8.25. The molecule has 0 bridgehead atoms. The molecule has 2 aliphatic rings. The van der Waals surface area contributed by atoms with Crippen molar-refractivity contribution in [1.82, 2.24) is 10.2 Å². The van der Waals surface area contributed by atoms with Crippen molar-refractivity contribution in [3.05, 3.63) is 59.7 Å². The summed E-state index contributed by atoms with van der Waals surface area (Å²) < 4.78 is 5.20. The molecular weight excluding hydrogens is 452 g/mol. The molecule has 9 heteroatoms. The highest BCUT2D eigenvalue weighted by Gasteiger charge is 2.33. The molecule has 4 rings (SSSR count). The summed E-state index contributed by atoms with van der Waals surface area (Å²) in [5.74, 6) is -0.0647. The summed E-state index contributed by atoms with van der Waals surface area (Å²) >= 11 is 1.37. The van der Waals surface area contributed by atoms with Crippen LogP contribution in [0.2, 0.25) is 0 Å². The van der Waals surface area contributed by atoms with Crippen molar-refractivity contribution in [3.8, 4) is 5.75 Å². The van der Waals surface area contributed by atoms with Crippen LogP contribution in [-0.2, 0) is 16.1 Å². The Bertz CT molecular complexity index is 1100. The number of nitrogens with one attached hydrogen (secondary N) is 2. The van der Waals surface area contributed by atoms with Crippen LogP contribution in [0.5, 0.6) is 5.75 Å². The van der Waals surface area contributed by atoms with Gasteiger partial charge in [0.2, 0.25) is 5.91 Å². The summed E-state index contributed by atoms with van der Waals surface area (Å²) in [7, 11) is 1.60. The lowest BCUT2D eigenvalue weighted by molar-refractivity contribution is -0.121. The van der Waals surface area contributed by atoms with E-state index in [-0.39, 0.29) is 24.1 Å². The van der Waals surface area contributed by atoms with Gasteiger partial charge >= 0.3 is 0 Å². The summed E-state index contributed by atoms with van der Waals surface area (Å²) in [4.78, 5) is 43.8. The third-order valence-corrected chi connectivity index (χ3v) is 6.94. The number of amides is 3. The predicted octanol–water partition coefficient (Wildman–Crippen LogP) is 3.44. The monoisotopic (exact) mass is 480 g/mol. The van der Waals surface area contributed by atoms with Gasteiger partial charge < -0.3 is 20.3 Å². The number of likely N-dealkylation sites (tertiary alicyclic amines) is 1. The number of amidine groups is 1. The molecular formula is C25H28N4O4S. The molecule has 3 amide bonds. The number of rotatable bonds is 7. The first kappa shape index (κ1) is 23.8. The van der Waals surface area contributed by atoms with Gasteiger partial charge in [-0.15, -0.1) is 0 Å². The Balaban J connectivity index is 1.29. The maximum absolute atomic E-state index is 12.6. The number of aliphatic imine (C=N–C) groups is 1. The van der Waals surface area contributed by atoms with Gasteiger partial charge in [0, 0.05) is 37.3 Å². The zero-order chi connectivity index (χ0) is 23.9. The van der Waals surface area contributed by atoms with Crippen LogP contribution in [0.1, 0.15) is 41.6 Å². The van der Waals surface area contributed by atoms with Crippen molar-refractivity contribution >= 4 is 40.3 Å². The second kappa shape index (κ2) is 11.2. The molecule has 34 heavy (non-hydrogen) atoms. The van der Waals surface area contributed by atoms with Crippen LogP contribution in [0.3, 0.4) is 0 Å². The van der Waals surface area contributed by atoms with E-state index < -0.39 is 5.25 Å². The molecule has 1 saturated heterocycles. The molecule has 0 radical (unpaired) electrons. The first-order valence-electron chi connectivity index (χ1n) is 11.4. The van der Waals surface area contributed by atoms with E-state index in [1.165, 1.54) is 18.2 Å². The summed E-state index contributed by atoms with van der Waals surface area (Å²) in [5.41, 5.74) is 1.86. The molecule has 0 spiro atoms. The number of thioether (sulfide) groups is 1. The maximum atomic E-state index is 12.6. The number of methoxy groups -OCH3 is 1. The normalized spacial score (nSPS) is 17.8. The number of carbonyl (C=O) groups excluding carboxylic acids is 3. The first-order chi connectivity index (χ1) is 16.5. The Kier molecular flexibility index (Phi) is 7.84. The topological polar surface area (TPSA) is 100 Å². The van der Waals surface area contributed by atoms with Crippen LogP contribution in [0.15, 0.2) is 53.5 Å². The average molecular weight is 481 g/mol. The van der Waals surface area contributed by atoms with E-state index in [0.29, 0.717) is 17.8 Å². The Morgan fingerprint density at radius 2 is 1.91 bits per heavy atom. The largest absolute Gasteiger partial charge is 0.497 e. The third-order valence-electron chi connectivity index (χ3n) is 5.72. The minimum Gasteiger partial charge on any atom is -0.497 e. The van der Waals surface area contributed by atoms with E-state index in [1.807, 2.05) is 24.3 Å². The molecule has 2 heterocycles. The van der Waals surface area contributed by atoms with Crippen molar-refractivity contribution in [2.45, 2.75) is 37.5 Å². The van der Waals surface area contributed by atoms with Gasteiger partial charge in [0.1, 0.15) is 11.0 Å². The number of piperidine rings is 1. The van der Waals surface area contributed by atoms with Crippen LogP contribution in [0.4, 0.5) is 5.69 Å². The zero-order valence-electron chi connectivity index (χ0n) is 19.1. The Morgan fingerprint density at radius 3 is 2.71 bits per heavy atom. The molecule has 2 aromatic carbocycles. The lowest BCUT2D eigenvalue weighted by Crippen LogP contribution is -2.33. The predicted molar refractivity (Wildman–Crippen MR) is 133 cm³/mol. The van der Waals surface area contributed by atoms with Crippen LogP contribution in [0, 0.1) is 0 Å². The van der Waals surface area contributed by atoms with Crippen molar-refractivity contribution in [1.29, 1.82) is 0 Å². The van der Waals surface area contributed by atoms with Gasteiger partial charge in [-0.25, -0.2) is 0 Å². The van der Waals surface area contributed by atoms with Crippen molar-refractivity contribution in [2.75, 3.05) is 25.5 Å².